The van der Waals surface area contributed by atoms with Crippen molar-refractivity contribution in [3.8, 4) is 6.07 Å². The number of carbonyl (C=O) groups is 1. The number of hydrogen-bond donors (Lipinski definition) is 1. The van der Waals surface area contributed by atoms with Gasteiger partial charge < -0.3 is 10.6 Å². The number of nitrogens with zero attached hydrogens (tertiary/aromatic N) is 4. The minimum atomic E-state index is -0.170. The zero-order valence-corrected chi connectivity index (χ0v) is 16.1. The molecule has 2 heterocycles. The van der Waals surface area contributed by atoms with Crippen LogP contribution >= 0.6 is 0 Å². The Morgan fingerprint density at radius 3 is 2.52 bits per heavy atom. The minimum absolute atomic E-state index is 0.0843. The molecule has 0 aromatic heterocycles. The van der Waals surface area contributed by atoms with Gasteiger partial charge in [-0.1, -0.05) is 19.1 Å². The summed E-state index contributed by atoms with van der Waals surface area (Å²) < 4.78 is 0. The highest BCUT2D eigenvalue weighted by Gasteiger charge is 2.49. The van der Waals surface area contributed by atoms with Crippen molar-refractivity contribution < 1.29 is 4.79 Å². The molecule has 3 aliphatic rings. The summed E-state index contributed by atoms with van der Waals surface area (Å²) in [5.41, 5.74) is 8.26. The van der Waals surface area contributed by atoms with E-state index in [9.17, 15) is 4.79 Å². The Balaban J connectivity index is 1.35. The van der Waals surface area contributed by atoms with E-state index in [1.54, 1.807) is 0 Å². The van der Waals surface area contributed by atoms with Crippen LogP contribution in [0.25, 0.3) is 0 Å². The molecule has 2 saturated heterocycles. The topological polar surface area (TPSA) is 76.6 Å². The maximum absolute atomic E-state index is 11.8. The highest BCUT2D eigenvalue weighted by Crippen LogP contribution is 2.48. The molecule has 144 valence electrons. The predicted octanol–water partition coefficient (Wildman–Crippen LogP) is 1.38. The van der Waals surface area contributed by atoms with Gasteiger partial charge in [0.2, 0.25) is 5.91 Å². The van der Waals surface area contributed by atoms with E-state index in [-0.39, 0.29) is 11.9 Å². The van der Waals surface area contributed by atoms with Crippen LogP contribution in [-0.4, -0.2) is 67.1 Å². The van der Waals surface area contributed by atoms with Crippen molar-refractivity contribution in [1.29, 1.82) is 5.26 Å². The van der Waals surface area contributed by atoms with Crippen LogP contribution < -0.4 is 10.6 Å². The molecule has 1 saturated carbocycles. The fourth-order valence-corrected chi connectivity index (χ4v) is 4.83. The van der Waals surface area contributed by atoms with Gasteiger partial charge in [0.15, 0.2) is 0 Å². The van der Waals surface area contributed by atoms with Crippen molar-refractivity contribution in [1.82, 2.24) is 9.80 Å². The Bertz CT molecular complexity index is 719. The molecule has 6 nitrogen and oxygen atoms in total. The Morgan fingerprint density at radius 1 is 1.19 bits per heavy atom. The molecule has 1 aliphatic carbocycles. The smallest absolute Gasteiger partial charge is 0.234 e. The average Bonchev–Trinajstić information content (AvgIpc) is 3.37. The summed E-state index contributed by atoms with van der Waals surface area (Å²) in [6.07, 6.45) is 2.03. The number of nitriles is 1. The molecule has 1 aromatic rings. The molecule has 0 spiro atoms. The lowest BCUT2D eigenvalue weighted by atomic mass is 10.1. The van der Waals surface area contributed by atoms with Gasteiger partial charge >= 0.3 is 0 Å². The Labute approximate surface area is 161 Å². The van der Waals surface area contributed by atoms with Crippen LogP contribution in [0, 0.1) is 17.2 Å². The summed E-state index contributed by atoms with van der Waals surface area (Å²) in [4.78, 5) is 18.7. The highest BCUT2D eigenvalue weighted by molar-refractivity contribution is 5.80. The Kier molecular flexibility index (Phi) is 5.07. The summed E-state index contributed by atoms with van der Waals surface area (Å²) in [5.74, 6) is 0.903. The van der Waals surface area contributed by atoms with Crippen LogP contribution in [0.15, 0.2) is 24.3 Å². The molecule has 2 aliphatic heterocycles. The first-order valence-corrected chi connectivity index (χ1v) is 10.1. The monoisotopic (exact) mass is 367 g/mol. The maximum atomic E-state index is 11.8. The fraction of sp³-hybridized carbons (Fsp3) is 0.619. The molecule has 4 rings (SSSR count). The van der Waals surface area contributed by atoms with E-state index in [2.05, 4.69) is 52.0 Å². The van der Waals surface area contributed by atoms with Crippen molar-refractivity contribution in [3.05, 3.63) is 29.8 Å². The largest absolute Gasteiger partial charge is 0.369 e. The summed E-state index contributed by atoms with van der Waals surface area (Å²) in [5, 5.41) is 8.82. The molecule has 6 heteroatoms. The molecular weight excluding hydrogens is 338 g/mol. The van der Waals surface area contributed by atoms with E-state index in [1.165, 1.54) is 11.3 Å². The summed E-state index contributed by atoms with van der Waals surface area (Å²) in [7, 11) is 0. The molecule has 27 heavy (non-hydrogen) atoms. The van der Waals surface area contributed by atoms with E-state index in [1.807, 2.05) is 0 Å². The van der Waals surface area contributed by atoms with Crippen LogP contribution in [0.5, 0.6) is 0 Å². The third kappa shape index (κ3) is 3.80. The minimum Gasteiger partial charge on any atom is -0.369 e. The van der Waals surface area contributed by atoms with E-state index >= 15 is 0 Å². The quantitative estimate of drug-likeness (QED) is 0.796. The molecule has 4 atom stereocenters. The van der Waals surface area contributed by atoms with Crippen LogP contribution in [0.4, 0.5) is 5.69 Å². The van der Waals surface area contributed by atoms with Gasteiger partial charge in [-0.2, -0.15) is 5.26 Å². The number of hydrogen-bond acceptors (Lipinski definition) is 5. The lowest BCUT2D eigenvalue weighted by Gasteiger charge is -2.35. The number of amides is 1. The van der Waals surface area contributed by atoms with Crippen molar-refractivity contribution in [2.24, 2.45) is 11.7 Å². The lowest BCUT2D eigenvalue weighted by Crippen LogP contribution is -2.46. The van der Waals surface area contributed by atoms with Gasteiger partial charge in [0.05, 0.1) is 18.7 Å². The van der Waals surface area contributed by atoms with Crippen LogP contribution in [0.3, 0.4) is 0 Å². The van der Waals surface area contributed by atoms with E-state index in [4.69, 9.17) is 11.0 Å². The van der Waals surface area contributed by atoms with Gasteiger partial charge in [-0.05, 0) is 36.5 Å². The number of rotatable bonds is 5. The van der Waals surface area contributed by atoms with Gasteiger partial charge in [0.1, 0.15) is 0 Å². The molecule has 1 amide bonds. The second kappa shape index (κ2) is 7.49. The van der Waals surface area contributed by atoms with E-state index < -0.39 is 0 Å². The second-order valence-corrected chi connectivity index (χ2v) is 8.38. The predicted molar refractivity (Wildman–Crippen MR) is 105 cm³/mol. The highest BCUT2D eigenvalue weighted by atomic mass is 16.1. The summed E-state index contributed by atoms with van der Waals surface area (Å²) >= 11 is 0. The molecule has 2 N–H and O–H groups in total. The van der Waals surface area contributed by atoms with Gasteiger partial charge in [0, 0.05) is 50.4 Å². The first-order valence-electron chi connectivity index (χ1n) is 10.1. The zero-order chi connectivity index (χ0) is 19.0. The molecule has 1 aromatic carbocycles. The first kappa shape index (κ1) is 18.3. The molecule has 2 unspecified atom stereocenters. The zero-order valence-electron chi connectivity index (χ0n) is 16.1. The third-order valence-corrected chi connectivity index (χ3v) is 6.41. The van der Waals surface area contributed by atoms with E-state index in [0.717, 1.165) is 45.6 Å². The number of carbonyl (C=O) groups excluding carboxylic acids is 1. The standard InChI is InChI=1S/C21H29N5O/c1-15-12-20(21(23)27)26(14-15)19-13-18(19)16-2-4-17(5-3-16)25-10-8-24(7-6-22)9-11-25/h2-5,15,18-20H,7-14H2,1H3,(H2,23,27)/t15-,18?,19?,20-/m0/s1. The molecule has 3 fully saturated rings. The van der Waals surface area contributed by atoms with Crippen molar-refractivity contribution in [3.63, 3.8) is 0 Å². The summed E-state index contributed by atoms with van der Waals surface area (Å²) in [6.45, 7) is 7.55. The number of likely N-dealkylation sites (tertiary alicyclic amines) is 1. The number of piperazine rings is 1. The fourth-order valence-electron chi connectivity index (χ4n) is 4.83. The average molecular weight is 367 g/mol. The number of benzene rings is 1. The maximum Gasteiger partial charge on any atom is 0.234 e. The Morgan fingerprint density at radius 2 is 1.89 bits per heavy atom. The number of anilines is 1. The van der Waals surface area contributed by atoms with Crippen LogP contribution in [-0.2, 0) is 4.79 Å². The second-order valence-electron chi connectivity index (χ2n) is 8.38. The van der Waals surface area contributed by atoms with Gasteiger partial charge in [-0.25, -0.2) is 0 Å². The third-order valence-electron chi connectivity index (χ3n) is 6.41. The Hall–Kier alpha value is -2.10. The molecule has 0 radical (unpaired) electrons. The molecule has 0 bridgehead atoms. The van der Waals surface area contributed by atoms with Gasteiger partial charge in [0.25, 0.3) is 0 Å². The SMILES string of the molecule is C[C@H]1C[C@@H](C(N)=O)N(C2CC2c2ccc(N3CCN(CC#N)CC3)cc2)C1. The summed E-state index contributed by atoms with van der Waals surface area (Å²) in [6, 6.07) is 11.6. The number of primary amides is 1. The van der Waals surface area contributed by atoms with E-state index in [0.29, 0.717) is 24.4 Å². The lowest BCUT2D eigenvalue weighted by molar-refractivity contribution is -0.122. The van der Waals surface area contributed by atoms with Crippen molar-refractivity contribution in [2.75, 3.05) is 44.2 Å². The molecular formula is C21H29N5O. The van der Waals surface area contributed by atoms with Gasteiger partial charge in [-0.15, -0.1) is 0 Å². The van der Waals surface area contributed by atoms with Crippen LogP contribution in [0.2, 0.25) is 0 Å². The van der Waals surface area contributed by atoms with Crippen LogP contribution in [0.1, 0.15) is 31.2 Å². The first-order chi connectivity index (χ1) is 13.1. The van der Waals surface area contributed by atoms with Crippen molar-refractivity contribution in [2.45, 2.75) is 37.8 Å². The normalized spacial score (nSPS) is 31.6. The van der Waals surface area contributed by atoms with Crippen molar-refractivity contribution >= 4 is 11.6 Å². The van der Waals surface area contributed by atoms with Gasteiger partial charge in [-0.3, -0.25) is 14.6 Å². The number of nitrogens with two attached hydrogens (primary N) is 1.